The molecule has 1 aliphatic heterocycles. The number of ether oxygens (including phenoxy) is 2. The van der Waals surface area contributed by atoms with Crippen molar-refractivity contribution in [2.75, 3.05) is 13.7 Å². The zero-order valence-electron chi connectivity index (χ0n) is 19.2. The van der Waals surface area contributed by atoms with Gasteiger partial charge >= 0.3 is 0 Å². The molecule has 180 valence electrons. The largest absolute Gasteiger partial charge is 0.507 e. The summed E-state index contributed by atoms with van der Waals surface area (Å²) >= 11 is 3.32. The molecule has 0 aliphatic carbocycles. The minimum atomic E-state index is -0.910. The van der Waals surface area contributed by atoms with Crippen molar-refractivity contribution in [1.82, 2.24) is 4.90 Å². The highest BCUT2D eigenvalue weighted by Gasteiger charge is 2.46. The van der Waals surface area contributed by atoms with Gasteiger partial charge in [0.05, 0.1) is 29.8 Å². The van der Waals surface area contributed by atoms with Crippen molar-refractivity contribution >= 4 is 33.4 Å². The van der Waals surface area contributed by atoms with Crippen molar-refractivity contribution in [3.8, 4) is 17.2 Å². The minimum Gasteiger partial charge on any atom is -0.507 e. The van der Waals surface area contributed by atoms with E-state index in [1.807, 2.05) is 37.3 Å². The molecule has 1 saturated heterocycles. The van der Waals surface area contributed by atoms with E-state index in [1.165, 1.54) is 12.0 Å². The lowest BCUT2D eigenvalue weighted by molar-refractivity contribution is -0.140. The Morgan fingerprint density at radius 3 is 2.37 bits per heavy atom. The Bertz CT molecular complexity index is 1290. The first-order valence-corrected chi connectivity index (χ1v) is 11.8. The molecular formula is C27H24BrNO6. The molecule has 1 atom stereocenters. The Morgan fingerprint density at radius 1 is 1.06 bits per heavy atom. The van der Waals surface area contributed by atoms with Crippen molar-refractivity contribution in [3.05, 3.63) is 93.5 Å². The van der Waals surface area contributed by atoms with E-state index in [1.54, 1.807) is 36.4 Å². The first-order valence-electron chi connectivity index (χ1n) is 11.0. The van der Waals surface area contributed by atoms with Gasteiger partial charge in [-0.05, 0) is 70.4 Å². The molecule has 0 aromatic heterocycles. The predicted octanol–water partition coefficient (Wildman–Crippen LogP) is 5.18. The van der Waals surface area contributed by atoms with Crippen LogP contribution in [0.2, 0.25) is 0 Å². The number of hydrogen-bond acceptors (Lipinski definition) is 6. The molecule has 3 aromatic carbocycles. The highest BCUT2D eigenvalue weighted by Crippen LogP contribution is 2.44. The maximum atomic E-state index is 13.3. The number of benzene rings is 3. The topological polar surface area (TPSA) is 96.3 Å². The lowest BCUT2D eigenvalue weighted by Gasteiger charge is -2.26. The molecule has 0 saturated carbocycles. The van der Waals surface area contributed by atoms with Crippen LogP contribution in [0.25, 0.3) is 5.76 Å². The van der Waals surface area contributed by atoms with Gasteiger partial charge in [-0.15, -0.1) is 0 Å². The zero-order valence-corrected chi connectivity index (χ0v) is 20.8. The van der Waals surface area contributed by atoms with E-state index >= 15 is 0 Å². The third kappa shape index (κ3) is 4.74. The molecule has 0 bridgehead atoms. The van der Waals surface area contributed by atoms with Crippen molar-refractivity contribution in [3.63, 3.8) is 0 Å². The number of Topliss-reactive ketones (excluding diaryl/α,β-unsaturated/α-hetero) is 1. The maximum absolute atomic E-state index is 13.3. The van der Waals surface area contributed by atoms with Gasteiger partial charge in [-0.3, -0.25) is 9.59 Å². The van der Waals surface area contributed by atoms with E-state index in [2.05, 4.69) is 15.9 Å². The summed E-state index contributed by atoms with van der Waals surface area (Å²) in [6.45, 7) is 2.51. The zero-order chi connectivity index (χ0) is 25.1. The van der Waals surface area contributed by atoms with E-state index in [-0.39, 0.29) is 29.4 Å². The number of carbonyl (C=O) groups is 2. The van der Waals surface area contributed by atoms with Crippen molar-refractivity contribution < 1.29 is 29.3 Å². The van der Waals surface area contributed by atoms with Gasteiger partial charge in [0.2, 0.25) is 0 Å². The predicted molar refractivity (Wildman–Crippen MR) is 134 cm³/mol. The van der Waals surface area contributed by atoms with Crippen LogP contribution in [-0.4, -0.2) is 40.5 Å². The summed E-state index contributed by atoms with van der Waals surface area (Å²) in [5.41, 5.74) is 1.65. The molecule has 4 rings (SSSR count). The number of aliphatic hydroxyl groups is 1. The Labute approximate surface area is 211 Å². The molecule has 1 heterocycles. The quantitative estimate of drug-likeness (QED) is 0.245. The number of nitrogens with zero attached hydrogens (tertiary/aromatic N) is 1. The van der Waals surface area contributed by atoms with E-state index in [4.69, 9.17) is 9.47 Å². The lowest BCUT2D eigenvalue weighted by Crippen LogP contribution is -2.29. The van der Waals surface area contributed by atoms with Crippen LogP contribution in [0.1, 0.15) is 29.7 Å². The Balaban J connectivity index is 1.88. The molecule has 35 heavy (non-hydrogen) atoms. The number of aliphatic hydroxyl groups excluding tert-OH is 1. The highest BCUT2D eigenvalue weighted by atomic mass is 79.9. The number of aromatic hydroxyl groups is 1. The number of halogens is 1. The van der Waals surface area contributed by atoms with E-state index in [9.17, 15) is 19.8 Å². The normalized spacial score (nSPS) is 17.0. The number of methoxy groups -OCH3 is 1. The molecule has 7 nitrogen and oxygen atoms in total. The van der Waals surface area contributed by atoms with Crippen LogP contribution in [0.4, 0.5) is 0 Å². The molecule has 8 heteroatoms. The summed E-state index contributed by atoms with van der Waals surface area (Å²) in [6, 6.07) is 18.2. The van der Waals surface area contributed by atoms with Crippen LogP contribution in [0.5, 0.6) is 17.2 Å². The molecule has 0 spiro atoms. The fourth-order valence-electron chi connectivity index (χ4n) is 4.11. The number of likely N-dealkylation sites (tertiary alicyclic amines) is 1. The first kappa shape index (κ1) is 24.3. The SMILES string of the molecule is CCOc1ccc(C(O)=C2C(=O)C(=O)N(Cc3ccccc3)C2c2cc(Br)c(O)c(OC)c2)cc1. The number of phenolic OH excluding ortho intramolecular Hbond substituents is 1. The highest BCUT2D eigenvalue weighted by molar-refractivity contribution is 9.10. The number of carbonyl (C=O) groups excluding carboxylic acids is 2. The Kier molecular flexibility index (Phi) is 7.12. The fourth-order valence-corrected chi connectivity index (χ4v) is 4.57. The second-order valence-electron chi connectivity index (χ2n) is 7.92. The number of hydrogen-bond donors (Lipinski definition) is 2. The van der Waals surface area contributed by atoms with Crippen LogP contribution in [0.3, 0.4) is 0 Å². The van der Waals surface area contributed by atoms with E-state index < -0.39 is 17.7 Å². The average molecular weight is 538 g/mol. The van der Waals surface area contributed by atoms with Crippen molar-refractivity contribution in [1.29, 1.82) is 0 Å². The molecule has 1 fully saturated rings. The van der Waals surface area contributed by atoms with Gasteiger partial charge in [0, 0.05) is 12.1 Å². The van der Waals surface area contributed by atoms with E-state index in [0.717, 1.165) is 5.56 Å². The summed E-state index contributed by atoms with van der Waals surface area (Å²) in [6.07, 6.45) is 0. The lowest BCUT2D eigenvalue weighted by atomic mass is 9.94. The van der Waals surface area contributed by atoms with Gasteiger partial charge in [-0.1, -0.05) is 30.3 Å². The van der Waals surface area contributed by atoms with Crippen LogP contribution >= 0.6 is 15.9 Å². The standard InChI is InChI=1S/C27H24BrNO6/c1-3-35-19-11-9-17(10-12-19)24(30)22-23(18-13-20(28)25(31)21(14-18)34-2)29(27(33)26(22)32)15-16-7-5-4-6-8-16/h4-14,23,30-31H,3,15H2,1-2H3. The fraction of sp³-hybridized carbons (Fsp3) is 0.185. The van der Waals surface area contributed by atoms with Gasteiger partial charge in [0.1, 0.15) is 11.5 Å². The number of rotatable bonds is 7. The number of amides is 1. The third-order valence-corrected chi connectivity index (χ3v) is 6.37. The smallest absolute Gasteiger partial charge is 0.295 e. The minimum absolute atomic E-state index is 0.0465. The molecule has 1 amide bonds. The van der Waals surface area contributed by atoms with Crippen LogP contribution in [-0.2, 0) is 16.1 Å². The number of phenols is 1. The summed E-state index contributed by atoms with van der Waals surface area (Å²) in [7, 11) is 1.41. The summed E-state index contributed by atoms with van der Waals surface area (Å²) in [5.74, 6) is -1.13. The molecule has 1 aliphatic rings. The molecule has 1 unspecified atom stereocenters. The maximum Gasteiger partial charge on any atom is 0.295 e. The van der Waals surface area contributed by atoms with Crippen molar-refractivity contribution in [2.45, 2.75) is 19.5 Å². The van der Waals surface area contributed by atoms with Gasteiger partial charge in [-0.25, -0.2) is 0 Å². The van der Waals surface area contributed by atoms with E-state index in [0.29, 0.717) is 28.0 Å². The second kappa shape index (κ2) is 10.2. The average Bonchev–Trinajstić information content (AvgIpc) is 3.11. The monoisotopic (exact) mass is 537 g/mol. The summed E-state index contributed by atoms with van der Waals surface area (Å²) in [5, 5.41) is 21.5. The van der Waals surface area contributed by atoms with Gasteiger partial charge in [0.15, 0.2) is 11.5 Å². The summed E-state index contributed by atoms with van der Waals surface area (Å²) < 4.78 is 11.1. The first-order chi connectivity index (χ1) is 16.8. The third-order valence-electron chi connectivity index (χ3n) is 5.76. The van der Waals surface area contributed by atoms with Crippen LogP contribution in [0.15, 0.2) is 76.8 Å². The molecule has 0 radical (unpaired) electrons. The van der Waals surface area contributed by atoms with Crippen LogP contribution < -0.4 is 9.47 Å². The van der Waals surface area contributed by atoms with Gasteiger partial charge < -0.3 is 24.6 Å². The van der Waals surface area contributed by atoms with Crippen LogP contribution in [0, 0.1) is 0 Å². The van der Waals surface area contributed by atoms with Crippen molar-refractivity contribution in [2.24, 2.45) is 0 Å². The molecular weight excluding hydrogens is 514 g/mol. The van der Waals surface area contributed by atoms with Gasteiger partial charge in [0.25, 0.3) is 11.7 Å². The Hall–Kier alpha value is -3.78. The number of ketones is 1. The molecule has 2 N–H and O–H groups in total. The Morgan fingerprint density at radius 2 is 1.74 bits per heavy atom. The molecule has 3 aromatic rings. The summed E-state index contributed by atoms with van der Waals surface area (Å²) in [4.78, 5) is 27.9. The second-order valence-corrected chi connectivity index (χ2v) is 8.78. The van der Waals surface area contributed by atoms with Gasteiger partial charge in [-0.2, -0.15) is 0 Å².